The van der Waals surface area contributed by atoms with E-state index in [1.807, 2.05) is 38.1 Å². The van der Waals surface area contributed by atoms with Crippen LogP contribution in [0.4, 0.5) is 5.00 Å². The molecule has 0 saturated heterocycles. The third-order valence-electron chi connectivity index (χ3n) is 5.44. The summed E-state index contributed by atoms with van der Waals surface area (Å²) in [5, 5.41) is 4.00. The summed E-state index contributed by atoms with van der Waals surface area (Å²) >= 11 is 5.16. The second kappa shape index (κ2) is 7.15. The molecule has 0 aliphatic heterocycles. The maximum Gasteiger partial charge on any atom is 0.260 e. The number of halogens is 1. The molecule has 1 aromatic carbocycles. The first kappa shape index (κ1) is 18.6. The molecule has 3 aromatic heterocycles. The number of aromatic nitrogens is 2. The minimum Gasteiger partial charge on any atom is -0.465 e. The molecule has 2 N–H and O–H groups in total. The van der Waals surface area contributed by atoms with E-state index in [0.717, 1.165) is 46.7 Å². The molecule has 0 saturated carbocycles. The van der Waals surface area contributed by atoms with E-state index in [2.05, 4.69) is 26.2 Å². The van der Waals surface area contributed by atoms with Gasteiger partial charge >= 0.3 is 0 Å². The Hall–Kier alpha value is -2.38. The van der Waals surface area contributed by atoms with Gasteiger partial charge in [-0.05, 0) is 73.2 Å². The molecule has 5 nitrogen and oxygen atoms in total. The number of carbonyl (C=O) groups excluding carboxylic acids is 1. The van der Waals surface area contributed by atoms with Crippen LogP contribution in [0.15, 0.2) is 33.2 Å². The Morgan fingerprint density at radius 2 is 2.00 bits per heavy atom. The van der Waals surface area contributed by atoms with Crippen molar-refractivity contribution >= 4 is 49.2 Å². The Labute approximate surface area is 180 Å². The van der Waals surface area contributed by atoms with Crippen molar-refractivity contribution in [3.05, 3.63) is 56.3 Å². The van der Waals surface area contributed by atoms with Crippen LogP contribution >= 0.6 is 27.3 Å². The molecule has 148 valence electrons. The Morgan fingerprint density at radius 1 is 1.21 bits per heavy atom. The van der Waals surface area contributed by atoms with E-state index in [-0.39, 0.29) is 5.91 Å². The number of H-pyrrole nitrogens is 1. The number of nitrogens with zero attached hydrogens (tertiary/aromatic N) is 1. The summed E-state index contributed by atoms with van der Waals surface area (Å²) in [4.78, 5) is 22.7. The Balaban J connectivity index is 1.61. The standard InChI is InChI=1S/C22H20BrN3O2S/c1-11-17(19(23)12(2)28-11)21(27)26-22-18(13-7-3-6-10-16(13)29-22)20-24-14-8-4-5-9-15(14)25-20/h4-5,8-9H,3,6-7,10H2,1-2H3,(H,24,25)(H,26,27). The maximum atomic E-state index is 13.1. The maximum absolute atomic E-state index is 13.1. The van der Waals surface area contributed by atoms with Crippen molar-refractivity contribution in [1.29, 1.82) is 0 Å². The molecular weight excluding hydrogens is 450 g/mol. The topological polar surface area (TPSA) is 70.9 Å². The number of aromatic amines is 1. The van der Waals surface area contributed by atoms with E-state index in [1.54, 1.807) is 11.3 Å². The second-order valence-corrected chi connectivity index (χ2v) is 9.27. The largest absolute Gasteiger partial charge is 0.465 e. The van der Waals surface area contributed by atoms with Gasteiger partial charge in [-0.3, -0.25) is 4.79 Å². The Kier molecular flexibility index (Phi) is 4.59. The number of imidazole rings is 1. The first-order valence-electron chi connectivity index (χ1n) is 9.69. The van der Waals surface area contributed by atoms with Crippen LogP contribution in [0.25, 0.3) is 22.4 Å². The SMILES string of the molecule is Cc1oc(C)c(C(=O)Nc2sc3c(c2-c2nc4ccccc4[nH]2)CCCC3)c1Br. The minimum atomic E-state index is -0.165. The third-order valence-corrected chi connectivity index (χ3v) is 7.60. The molecule has 3 heterocycles. The lowest BCUT2D eigenvalue weighted by Crippen LogP contribution is -2.12. The molecule has 0 spiro atoms. The summed E-state index contributed by atoms with van der Waals surface area (Å²) in [5.74, 6) is 1.97. The first-order chi connectivity index (χ1) is 14.0. The predicted molar refractivity (Wildman–Crippen MR) is 120 cm³/mol. The summed E-state index contributed by atoms with van der Waals surface area (Å²) in [6, 6.07) is 8.01. The summed E-state index contributed by atoms with van der Waals surface area (Å²) in [6.07, 6.45) is 4.42. The average molecular weight is 470 g/mol. The van der Waals surface area contributed by atoms with Gasteiger partial charge in [0.2, 0.25) is 0 Å². The van der Waals surface area contributed by atoms with Crippen molar-refractivity contribution in [2.45, 2.75) is 39.5 Å². The molecular formula is C22H20BrN3O2S. The average Bonchev–Trinajstić information content (AvgIpc) is 3.34. The van der Waals surface area contributed by atoms with Crippen molar-refractivity contribution in [1.82, 2.24) is 9.97 Å². The Bertz CT molecular complexity index is 1220. The summed E-state index contributed by atoms with van der Waals surface area (Å²) in [7, 11) is 0. The molecule has 29 heavy (non-hydrogen) atoms. The quantitative estimate of drug-likeness (QED) is 0.364. The molecule has 0 radical (unpaired) electrons. The number of anilines is 1. The molecule has 0 bridgehead atoms. The van der Waals surface area contributed by atoms with Crippen LogP contribution in [0.3, 0.4) is 0 Å². The third kappa shape index (κ3) is 3.13. The number of thiophene rings is 1. The van der Waals surface area contributed by atoms with Gasteiger partial charge in [0.05, 0.1) is 26.6 Å². The van der Waals surface area contributed by atoms with Gasteiger partial charge < -0.3 is 14.7 Å². The van der Waals surface area contributed by atoms with Gasteiger partial charge in [0.1, 0.15) is 22.3 Å². The van der Waals surface area contributed by atoms with Crippen LogP contribution in [-0.4, -0.2) is 15.9 Å². The van der Waals surface area contributed by atoms with E-state index in [1.165, 1.54) is 16.9 Å². The number of benzene rings is 1. The van der Waals surface area contributed by atoms with Gasteiger partial charge in [-0.1, -0.05) is 12.1 Å². The smallest absolute Gasteiger partial charge is 0.260 e. The fourth-order valence-electron chi connectivity index (χ4n) is 4.06. The summed E-state index contributed by atoms with van der Waals surface area (Å²) in [5.41, 5.74) is 4.82. The summed E-state index contributed by atoms with van der Waals surface area (Å²) in [6.45, 7) is 3.66. The lowest BCUT2D eigenvalue weighted by atomic mass is 9.95. The number of rotatable bonds is 3. The minimum absolute atomic E-state index is 0.165. The molecule has 1 amide bonds. The molecule has 0 unspecified atom stereocenters. The van der Waals surface area contributed by atoms with Crippen LogP contribution in [0.5, 0.6) is 0 Å². The van der Waals surface area contributed by atoms with Crippen LogP contribution in [-0.2, 0) is 12.8 Å². The zero-order valence-corrected chi connectivity index (χ0v) is 18.6. The number of para-hydroxylation sites is 2. The highest BCUT2D eigenvalue weighted by atomic mass is 79.9. The zero-order chi connectivity index (χ0) is 20.1. The number of carbonyl (C=O) groups is 1. The first-order valence-corrected chi connectivity index (χ1v) is 11.3. The second-order valence-electron chi connectivity index (χ2n) is 7.38. The van der Waals surface area contributed by atoms with Crippen molar-refractivity contribution in [2.75, 3.05) is 5.32 Å². The molecule has 0 fully saturated rings. The van der Waals surface area contributed by atoms with Crippen LogP contribution in [0.2, 0.25) is 0 Å². The van der Waals surface area contributed by atoms with Crippen LogP contribution in [0, 0.1) is 13.8 Å². The highest BCUT2D eigenvalue weighted by Gasteiger charge is 2.27. The number of nitrogens with one attached hydrogen (secondary N) is 2. The highest BCUT2D eigenvalue weighted by Crippen LogP contribution is 2.44. The van der Waals surface area contributed by atoms with Gasteiger partial charge in [-0.2, -0.15) is 0 Å². The Morgan fingerprint density at radius 3 is 2.76 bits per heavy atom. The molecule has 7 heteroatoms. The van der Waals surface area contributed by atoms with Gasteiger partial charge in [0.15, 0.2) is 0 Å². The number of hydrogen-bond donors (Lipinski definition) is 2. The normalized spacial score (nSPS) is 13.6. The van der Waals surface area contributed by atoms with Gasteiger partial charge in [-0.15, -0.1) is 11.3 Å². The van der Waals surface area contributed by atoms with E-state index < -0.39 is 0 Å². The van der Waals surface area contributed by atoms with Gasteiger partial charge in [-0.25, -0.2) is 4.98 Å². The molecule has 1 aliphatic carbocycles. The number of fused-ring (bicyclic) bond motifs is 2. The lowest BCUT2D eigenvalue weighted by molar-refractivity contribution is 0.102. The fourth-order valence-corrected chi connectivity index (χ4v) is 5.88. The highest BCUT2D eigenvalue weighted by molar-refractivity contribution is 9.10. The van der Waals surface area contributed by atoms with E-state index in [4.69, 9.17) is 9.40 Å². The molecule has 1 aliphatic rings. The predicted octanol–water partition coefficient (Wildman–Crippen LogP) is 6.39. The monoisotopic (exact) mass is 469 g/mol. The van der Waals surface area contributed by atoms with Crippen molar-refractivity contribution < 1.29 is 9.21 Å². The van der Waals surface area contributed by atoms with Gasteiger partial charge in [0, 0.05) is 4.88 Å². The number of amides is 1. The van der Waals surface area contributed by atoms with Crippen molar-refractivity contribution in [2.24, 2.45) is 0 Å². The van der Waals surface area contributed by atoms with Crippen LogP contribution < -0.4 is 5.32 Å². The van der Waals surface area contributed by atoms with Crippen LogP contribution in [0.1, 0.15) is 45.2 Å². The van der Waals surface area contributed by atoms with E-state index in [0.29, 0.717) is 21.6 Å². The zero-order valence-electron chi connectivity index (χ0n) is 16.2. The number of hydrogen-bond acceptors (Lipinski definition) is 4. The van der Waals surface area contributed by atoms with E-state index >= 15 is 0 Å². The fraction of sp³-hybridized carbons (Fsp3) is 0.273. The lowest BCUT2D eigenvalue weighted by Gasteiger charge is -2.12. The summed E-state index contributed by atoms with van der Waals surface area (Å²) < 4.78 is 6.32. The molecule has 4 aromatic rings. The van der Waals surface area contributed by atoms with E-state index in [9.17, 15) is 4.79 Å². The van der Waals surface area contributed by atoms with Gasteiger partial charge in [0.25, 0.3) is 5.91 Å². The number of furan rings is 1. The molecule has 0 atom stereocenters. The van der Waals surface area contributed by atoms with Crippen molar-refractivity contribution in [3.8, 4) is 11.4 Å². The molecule has 5 rings (SSSR count). The number of aryl methyl sites for hydroxylation is 3. The van der Waals surface area contributed by atoms with Crippen molar-refractivity contribution in [3.63, 3.8) is 0 Å².